The molecule has 0 radical (unpaired) electrons. The molecule has 0 unspecified atom stereocenters. The van der Waals surface area contributed by atoms with Crippen molar-refractivity contribution in [3.8, 4) is 0 Å². The number of hydrogen-bond donors (Lipinski definition) is 0. The molecule has 0 aromatic heterocycles. The number of hydrogen-bond acceptors (Lipinski definition) is 2. The fraction of sp³-hybridized carbons (Fsp3) is 0.192. The summed E-state index contributed by atoms with van der Waals surface area (Å²) in [7, 11) is -2.93. The van der Waals surface area contributed by atoms with Crippen LogP contribution in [0.3, 0.4) is 0 Å². The van der Waals surface area contributed by atoms with Crippen molar-refractivity contribution in [2.45, 2.75) is 27.7 Å². The quantitative estimate of drug-likeness (QED) is 0.338. The Morgan fingerprint density at radius 3 is 1.41 bits per heavy atom. The van der Waals surface area contributed by atoms with Gasteiger partial charge in [0.2, 0.25) is 0 Å². The van der Waals surface area contributed by atoms with Crippen LogP contribution >= 0.6 is 7.26 Å². The van der Waals surface area contributed by atoms with Crippen LogP contribution in [-0.2, 0) is 9.53 Å². The van der Waals surface area contributed by atoms with Crippen molar-refractivity contribution in [2.75, 3.05) is 6.61 Å². The SMILES string of the molecule is C=C(C(=O)OCC)[PH](c1ccccc1C)(c1ccccc1C)c1ccccc1C. The van der Waals surface area contributed by atoms with Crippen molar-refractivity contribution in [3.05, 3.63) is 101 Å². The summed E-state index contributed by atoms with van der Waals surface area (Å²) in [6, 6.07) is 25.1. The molecule has 0 N–H and O–H groups in total. The normalized spacial score (nSPS) is 11.7. The zero-order valence-electron chi connectivity index (χ0n) is 17.7. The summed E-state index contributed by atoms with van der Waals surface area (Å²) in [6.07, 6.45) is 0. The van der Waals surface area contributed by atoms with E-state index in [1.807, 2.05) is 25.1 Å². The number of carbonyl (C=O) groups excluding carboxylic acids is 1. The summed E-state index contributed by atoms with van der Waals surface area (Å²) >= 11 is 0. The Morgan fingerprint density at radius 2 is 1.10 bits per heavy atom. The van der Waals surface area contributed by atoms with Gasteiger partial charge in [0.25, 0.3) is 0 Å². The third-order valence-electron chi connectivity index (χ3n) is 5.62. The molecule has 0 amide bonds. The molecule has 0 heterocycles. The van der Waals surface area contributed by atoms with Crippen LogP contribution in [0.2, 0.25) is 0 Å². The standard InChI is InChI=1S/C26H29O2P/c1-6-28-26(27)22(5)29(23-16-10-7-13-19(23)2,24-17-11-8-14-20(24)3)25-18-12-9-15-21(25)4/h7-18,29H,5-6H2,1-4H3. The summed E-state index contributed by atoms with van der Waals surface area (Å²) in [5.41, 5.74) is 3.49. The molecule has 3 rings (SSSR count). The van der Waals surface area contributed by atoms with Crippen LogP contribution in [0, 0.1) is 20.8 Å². The van der Waals surface area contributed by atoms with Gasteiger partial charge >= 0.3 is 174 Å². The number of benzene rings is 3. The maximum atomic E-state index is 13.2. The van der Waals surface area contributed by atoms with Crippen molar-refractivity contribution in [2.24, 2.45) is 0 Å². The fourth-order valence-electron chi connectivity index (χ4n) is 4.28. The van der Waals surface area contributed by atoms with Gasteiger partial charge in [-0.1, -0.05) is 0 Å². The van der Waals surface area contributed by atoms with Crippen LogP contribution < -0.4 is 15.9 Å². The molecular weight excluding hydrogens is 375 g/mol. The molecule has 0 aliphatic rings. The predicted molar refractivity (Wildman–Crippen MR) is 127 cm³/mol. The van der Waals surface area contributed by atoms with Crippen LogP contribution in [0.1, 0.15) is 23.6 Å². The summed E-state index contributed by atoms with van der Waals surface area (Å²) < 4.78 is 5.49. The van der Waals surface area contributed by atoms with Crippen molar-refractivity contribution >= 4 is 29.1 Å². The van der Waals surface area contributed by atoms with E-state index in [1.54, 1.807) is 0 Å². The molecule has 0 saturated heterocycles. The number of carbonyl (C=O) groups is 1. The first-order valence-corrected chi connectivity index (χ1v) is 12.0. The summed E-state index contributed by atoms with van der Waals surface area (Å²) in [6.45, 7) is 12.9. The number of ether oxygens (including phenoxy) is 1. The van der Waals surface area contributed by atoms with E-state index in [-0.39, 0.29) is 5.97 Å². The molecule has 29 heavy (non-hydrogen) atoms. The van der Waals surface area contributed by atoms with E-state index in [1.165, 1.54) is 15.9 Å². The van der Waals surface area contributed by atoms with Gasteiger partial charge in [-0.2, -0.15) is 0 Å². The molecule has 150 valence electrons. The van der Waals surface area contributed by atoms with E-state index in [0.29, 0.717) is 11.9 Å². The van der Waals surface area contributed by atoms with E-state index < -0.39 is 7.26 Å². The van der Waals surface area contributed by atoms with Gasteiger partial charge < -0.3 is 0 Å². The van der Waals surface area contributed by atoms with E-state index >= 15 is 0 Å². The molecule has 0 saturated carbocycles. The Hall–Kier alpha value is -2.70. The molecule has 3 aromatic rings. The molecule has 0 atom stereocenters. The van der Waals surface area contributed by atoms with E-state index in [4.69, 9.17) is 4.74 Å². The van der Waals surface area contributed by atoms with Crippen LogP contribution in [0.4, 0.5) is 0 Å². The van der Waals surface area contributed by atoms with Gasteiger partial charge in [0.15, 0.2) is 0 Å². The minimum absolute atomic E-state index is 0.311. The Kier molecular flexibility index (Phi) is 6.35. The average Bonchev–Trinajstić information content (AvgIpc) is 2.72. The van der Waals surface area contributed by atoms with E-state index in [2.05, 4.69) is 81.9 Å². The second kappa shape index (κ2) is 8.76. The Balaban J connectivity index is 2.52. The Labute approximate surface area is 174 Å². The minimum atomic E-state index is -2.93. The molecule has 0 aliphatic heterocycles. The molecule has 0 spiro atoms. The van der Waals surface area contributed by atoms with Crippen LogP contribution in [0.25, 0.3) is 0 Å². The molecule has 3 aromatic carbocycles. The van der Waals surface area contributed by atoms with Crippen LogP contribution in [0.15, 0.2) is 84.7 Å². The van der Waals surface area contributed by atoms with Crippen LogP contribution in [0.5, 0.6) is 0 Å². The topological polar surface area (TPSA) is 26.3 Å². The fourth-order valence-corrected chi connectivity index (χ4v) is 9.56. The van der Waals surface area contributed by atoms with Crippen LogP contribution in [-0.4, -0.2) is 12.6 Å². The van der Waals surface area contributed by atoms with Gasteiger partial charge in [-0.05, 0) is 0 Å². The Morgan fingerprint density at radius 1 is 0.759 bits per heavy atom. The molecule has 0 aliphatic carbocycles. The van der Waals surface area contributed by atoms with Crippen molar-refractivity contribution in [3.63, 3.8) is 0 Å². The molecule has 3 heteroatoms. The zero-order valence-corrected chi connectivity index (χ0v) is 18.7. The number of esters is 1. The summed E-state index contributed by atoms with van der Waals surface area (Å²) in [4.78, 5) is 13.2. The molecule has 2 nitrogen and oxygen atoms in total. The van der Waals surface area contributed by atoms with Gasteiger partial charge in [-0.15, -0.1) is 0 Å². The number of aryl methyl sites for hydroxylation is 3. The second-order valence-electron chi connectivity index (χ2n) is 7.39. The number of rotatable bonds is 6. The first-order chi connectivity index (χ1) is 13.9. The molecular formula is C26H29O2P. The van der Waals surface area contributed by atoms with Crippen molar-refractivity contribution < 1.29 is 9.53 Å². The third-order valence-corrected chi connectivity index (χ3v) is 10.8. The van der Waals surface area contributed by atoms with Gasteiger partial charge in [-0.3, -0.25) is 0 Å². The van der Waals surface area contributed by atoms with Gasteiger partial charge in [0.1, 0.15) is 0 Å². The molecule has 0 bridgehead atoms. The van der Waals surface area contributed by atoms with Gasteiger partial charge in [-0.25, -0.2) is 0 Å². The van der Waals surface area contributed by atoms with Gasteiger partial charge in [0.05, 0.1) is 0 Å². The zero-order chi connectivity index (χ0) is 21.0. The maximum absolute atomic E-state index is 13.2. The van der Waals surface area contributed by atoms with Gasteiger partial charge in [0, 0.05) is 0 Å². The van der Waals surface area contributed by atoms with Crippen molar-refractivity contribution in [1.82, 2.24) is 0 Å². The summed E-state index contributed by atoms with van der Waals surface area (Å²) in [5.74, 6) is -0.311. The van der Waals surface area contributed by atoms with E-state index in [0.717, 1.165) is 16.7 Å². The molecule has 0 fully saturated rings. The second-order valence-corrected chi connectivity index (χ2v) is 11.1. The first kappa shape index (κ1) is 21.0. The first-order valence-electron chi connectivity index (χ1n) is 9.99. The van der Waals surface area contributed by atoms with E-state index in [9.17, 15) is 4.79 Å². The summed E-state index contributed by atoms with van der Waals surface area (Å²) in [5, 5.41) is 4.11. The van der Waals surface area contributed by atoms with Crippen molar-refractivity contribution in [1.29, 1.82) is 0 Å². The Bertz CT molecular complexity index is 941. The average molecular weight is 404 g/mol. The monoisotopic (exact) mass is 404 g/mol. The predicted octanol–water partition coefficient (Wildman–Crippen LogP) is 4.71. The third kappa shape index (κ3) is 3.66.